The van der Waals surface area contributed by atoms with Crippen LogP contribution in [0.25, 0.3) is 22.4 Å². The maximum atomic E-state index is 13.9. The summed E-state index contributed by atoms with van der Waals surface area (Å²) in [6.07, 6.45) is 4.76. The van der Waals surface area contributed by atoms with Gasteiger partial charge in [0.1, 0.15) is 47.2 Å². The highest BCUT2D eigenvalue weighted by molar-refractivity contribution is 8.01. The minimum absolute atomic E-state index is 0.00535. The molecule has 38 heteroatoms. The van der Waals surface area contributed by atoms with Crippen LogP contribution in [-0.4, -0.2) is 225 Å². The highest BCUT2D eigenvalue weighted by atomic mass is 32.2. The van der Waals surface area contributed by atoms with Gasteiger partial charge in [-0.05, 0) is 89.3 Å². The van der Waals surface area contributed by atoms with Gasteiger partial charge in [-0.3, -0.25) is 47.0 Å². The van der Waals surface area contributed by atoms with Crippen LogP contribution in [0.3, 0.4) is 0 Å². The summed E-state index contributed by atoms with van der Waals surface area (Å²) in [5.41, 5.74) is 5.70. The third-order valence-electron chi connectivity index (χ3n) is 16.9. The molecule has 0 spiro atoms. The Morgan fingerprint density at radius 2 is 0.883 bits per heavy atom. The Hall–Kier alpha value is -9.19. The van der Waals surface area contributed by atoms with E-state index >= 15 is 0 Å². The molecule has 5 aromatic carbocycles. The number of thioether (sulfide) groups is 1. The monoisotopic (exact) mass is 1640 g/mol. The van der Waals surface area contributed by atoms with Crippen molar-refractivity contribution in [3.05, 3.63) is 186 Å². The van der Waals surface area contributed by atoms with Gasteiger partial charge in [-0.15, -0.1) is 16.9 Å². The van der Waals surface area contributed by atoms with Crippen molar-refractivity contribution >= 4 is 87.7 Å². The molecule has 33 nitrogen and oxygen atoms in total. The van der Waals surface area contributed by atoms with Gasteiger partial charge in [-0.1, -0.05) is 166 Å². The number of rotatable bonds is 50. The molecule has 0 radical (unpaired) electrons. The van der Waals surface area contributed by atoms with E-state index < -0.39 is 128 Å². The van der Waals surface area contributed by atoms with Crippen molar-refractivity contribution in [2.45, 2.75) is 106 Å². The number of carbonyl (C=O) groups is 6. The van der Waals surface area contributed by atoms with E-state index in [2.05, 4.69) is 63.5 Å². The number of nitrogens with one attached hydrogen (secondary N) is 6. The number of tetrazole rings is 1. The number of carbonyl (C=O) groups excluding carboxylic acids is 6. The van der Waals surface area contributed by atoms with Crippen molar-refractivity contribution < 1.29 is 99.6 Å². The second kappa shape index (κ2) is 43.6. The number of aromatic nitrogens is 5. The molecule has 2 aromatic heterocycles. The predicted molar refractivity (Wildman–Crippen MR) is 412 cm³/mol. The van der Waals surface area contributed by atoms with Gasteiger partial charge in [0, 0.05) is 56.3 Å². The number of ether oxygens (including phenoxy) is 4. The number of pyridine rings is 1. The third kappa shape index (κ3) is 31.5. The van der Waals surface area contributed by atoms with Crippen LogP contribution < -0.4 is 36.6 Å². The maximum Gasteiger partial charge on any atom is 0.267 e. The van der Waals surface area contributed by atoms with Crippen LogP contribution in [0.1, 0.15) is 87.7 Å². The zero-order valence-corrected chi connectivity index (χ0v) is 65.2. The van der Waals surface area contributed by atoms with E-state index in [9.17, 15) is 80.6 Å². The molecule has 602 valence electrons. The quantitative estimate of drug-likeness (QED) is 0.0144. The van der Waals surface area contributed by atoms with Crippen LogP contribution >= 0.6 is 11.8 Å². The highest BCUT2D eigenvalue weighted by Crippen LogP contribution is 2.48. The Bertz CT molecular complexity index is 4470. The summed E-state index contributed by atoms with van der Waals surface area (Å²) < 4.78 is 160. The Morgan fingerprint density at radius 1 is 0.459 bits per heavy atom. The summed E-state index contributed by atoms with van der Waals surface area (Å²) in [7, 11) is -21.1. The molecule has 6 amide bonds. The fourth-order valence-electron chi connectivity index (χ4n) is 11.6. The van der Waals surface area contributed by atoms with E-state index in [1.165, 1.54) is 0 Å². The average molecular weight is 1640 g/mol. The van der Waals surface area contributed by atoms with Crippen molar-refractivity contribution in [1.29, 1.82) is 0 Å². The molecule has 111 heavy (non-hydrogen) atoms. The van der Waals surface area contributed by atoms with Gasteiger partial charge in [0.05, 0.1) is 49.2 Å². The van der Waals surface area contributed by atoms with Crippen molar-refractivity contribution in [2.24, 2.45) is 0 Å². The molecule has 4 atom stereocenters. The van der Waals surface area contributed by atoms with Crippen LogP contribution in [-0.2, 0) is 100 Å². The van der Waals surface area contributed by atoms with Gasteiger partial charge in [-0.2, -0.15) is 33.7 Å². The van der Waals surface area contributed by atoms with Crippen molar-refractivity contribution in [1.82, 2.24) is 57.1 Å². The van der Waals surface area contributed by atoms with Crippen molar-refractivity contribution in [2.75, 3.05) is 88.1 Å². The molecule has 10 N–H and O–H groups in total. The topological polar surface area (TPSA) is 485 Å². The Balaban J connectivity index is 0.774. The Morgan fingerprint density at radius 3 is 1.35 bits per heavy atom. The standard InChI is InChI=1S/C73H93N11O22S5/c1-72(2,35-19-21-41-106-66-47-55(53-24-8-3-9-25-53)46-59(77-66)54-26-10-4-11-27-54)71-81-82-83-84(71)38-20-18-34-64(85)74-36-22-39-103-42-44-105-45-43-104-40-23-37-75-67(87)60(49-108(91,92)93)78-69(89)62(51-110(97,98)99)80-70(90)63(52-111(100,101)102)79-68(88)61(50-109(94,95)96)76-65(86)48-107-73(56-28-12-5-13-29-56,57-30-14-6-15-31-57)58-32-16-7-17-33-58/h3-17,24-33,46-47,60-63H,18-23,34-45,48-52H2,1-2H3,(H,74,85)(H,75,87)(H,76,86)(H,78,89)(H,79,88)(H,80,90)(H,91,92,93)(H,94,95,96)(H,97,98,99)(H,100,101,102)/t60-,61-,62-,63-/m0/s1. The summed E-state index contributed by atoms with van der Waals surface area (Å²) in [6.45, 7) is 6.48. The number of benzene rings is 5. The minimum atomic E-state index is -5.37. The maximum absolute atomic E-state index is 13.9. The first-order valence-corrected chi connectivity index (χ1v) is 42.8. The number of amides is 6. The van der Waals surface area contributed by atoms with E-state index in [0.29, 0.717) is 74.6 Å². The number of hydrogen-bond donors (Lipinski definition) is 10. The SMILES string of the molecule is CC(C)(CCCCOc1cc(-c2ccccc2)cc(-c2ccccc2)n1)c1nnnn1CCCCC(=O)NCCCOCCOCCOCCCNC(=O)[C@H](CS(=O)(=O)O)NC(=O)[C@H](CS(=O)(=O)O)NC(=O)[C@H](CS(=O)(=O)O)NC(=O)[C@H](CS(=O)(=O)O)NC(=O)CSC(c1ccccc1)(c1ccccc1)c1ccccc1. The number of nitrogens with zero attached hydrogens (tertiary/aromatic N) is 5. The van der Waals surface area contributed by atoms with Gasteiger partial charge in [0.15, 0.2) is 5.82 Å². The zero-order valence-electron chi connectivity index (χ0n) is 61.1. The molecular formula is C73H93N11O22S5. The van der Waals surface area contributed by atoms with Crippen LogP contribution in [0.4, 0.5) is 0 Å². The van der Waals surface area contributed by atoms with E-state index in [-0.39, 0.29) is 57.3 Å². The van der Waals surface area contributed by atoms with Crippen LogP contribution in [0.2, 0.25) is 0 Å². The van der Waals surface area contributed by atoms with E-state index in [1.807, 2.05) is 96.3 Å². The molecule has 0 bridgehead atoms. The summed E-state index contributed by atoms with van der Waals surface area (Å²) in [5, 5.41) is 25.2. The van der Waals surface area contributed by atoms with Crippen LogP contribution in [0.5, 0.6) is 5.88 Å². The predicted octanol–water partition coefficient (Wildman–Crippen LogP) is 4.38. The summed E-state index contributed by atoms with van der Waals surface area (Å²) in [5.74, 6) is -13.6. The fraction of sp³-hybridized carbons (Fsp3) is 0.425. The van der Waals surface area contributed by atoms with Gasteiger partial charge in [0.25, 0.3) is 40.5 Å². The number of aryl methyl sites for hydroxylation is 1. The lowest BCUT2D eigenvalue weighted by molar-refractivity contribution is -0.133. The molecule has 7 aromatic rings. The molecule has 0 unspecified atom stereocenters. The highest BCUT2D eigenvalue weighted by Gasteiger charge is 2.40. The van der Waals surface area contributed by atoms with Crippen LogP contribution in [0, 0.1) is 0 Å². The molecule has 0 aliphatic heterocycles. The Kier molecular flexibility index (Phi) is 34.9. The number of unbranched alkanes of at least 4 members (excludes halogenated alkanes) is 2. The fourth-order valence-corrected chi connectivity index (χ4v) is 15.6. The first-order valence-electron chi connectivity index (χ1n) is 35.4. The smallest absolute Gasteiger partial charge is 0.267 e. The van der Waals surface area contributed by atoms with Crippen molar-refractivity contribution in [3.8, 4) is 28.3 Å². The first kappa shape index (κ1) is 89.0. The minimum Gasteiger partial charge on any atom is -0.478 e. The lowest BCUT2D eigenvalue weighted by Crippen LogP contribution is -2.61. The molecule has 0 aliphatic carbocycles. The van der Waals surface area contributed by atoms with Gasteiger partial charge in [-0.25, -0.2) is 9.67 Å². The first-order chi connectivity index (χ1) is 52.8. The lowest BCUT2D eigenvalue weighted by Gasteiger charge is -2.35. The Labute approximate surface area is 649 Å². The summed E-state index contributed by atoms with van der Waals surface area (Å²) in [6, 6.07) is 41.1. The van der Waals surface area contributed by atoms with Crippen LogP contribution in [0.15, 0.2) is 164 Å². The number of hydrogen-bond acceptors (Lipinski definition) is 23. The normalized spacial score (nSPS) is 13.2. The largest absolute Gasteiger partial charge is 0.478 e. The molecule has 0 saturated heterocycles. The van der Waals surface area contributed by atoms with E-state index in [4.69, 9.17) is 23.9 Å². The van der Waals surface area contributed by atoms with Gasteiger partial charge in [0.2, 0.25) is 41.3 Å². The van der Waals surface area contributed by atoms with Gasteiger partial charge < -0.3 is 50.8 Å². The third-order valence-corrected chi connectivity index (χ3v) is 21.5. The van der Waals surface area contributed by atoms with Crippen molar-refractivity contribution in [3.63, 3.8) is 0 Å². The average Bonchev–Trinajstić information content (AvgIpc) is 1.24. The second-order valence-electron chi connectivity index (χ2n) is 26.2. The molecule has 0 aliphatic rings. The molecule has 7 rings (SSSR count). The van der Waals surface area contributed by atoms with E-state index in [0.717, 1.165) is 59.2 Å². The summed E-state index contributed by atoms with van der Waals surface area (Å²) in [4.78, 5) is 85.9. The van der Waals surface area contributed by atoms with Gasteiger partial charge >= 0.3 is 0 Å². The molecule has 0 fully saturated rings. The molecule has 0 saturated carbocycles. The molecular weight excluding hydrogens is 1540 g/mol. The molecule has 2 heterocycles. The second-order valence-corrected chi connectivity index (χ2v) is 33.4. The lowest BCUT2D eigenvalue weighted by atomic mass is 9.84. The van der Waals surface area contributed by atoms with E-state index in [1.54, 1.807) is 69.9 Å². The zero-order chi connectivity index (χ0) is 80.5. The summed E-state index contributed by atoms with van der Waals surface area (Å²) >= 11 is 1.04.